The number of fused-ring (bicyclic) bond motifs is 1. The number of benzene rings is 2. The van der Waals surface area contributed by atoms with Crippen LogP contribution in [0.5, 0.6) is 5.75 Å². The van der Waals surface area contributed by atoms with Gasteiger partial charge in [-0.05, 0) is 43.2 Å². The summed E-state index contributed by atoms with van der Waals surface area (Å²) in [5.74, 6) is 0.566. The number of amides is 1. The first-order valence-electron chi connectivity index (χ1n) is 9.24. The molecule has 2 aromatic carbocycles. The molecular formula is C21H22N2O4S. The first-order valence-corrected chi connectivity index (χ1v) is 10.8. The Morgan fingerprint density at radius 2 is 1.75 bits per heavy atom. The van der Waals surface area contributed by atoms with Crippen LogP contribution in [0.2, 0.25) is 0 Å². The van der Waals surface area contributed by atoms with E-state index in [1.807, 2.05) is 24.3 Å². The number of nitrogens with zero attached hydrogens (tertiary/aromatic N) is 1. The highest BCUT2D eigenvalue weighted by atomic mass is 32.2. The quantitative estimate of drug-likeness (QED) is 0.732. The number of aromatic amines is 1. The Labute approximate surface area is 164 Å². The molecule has 2 heterocycles. The van der Waals surface area contributed by atoms with Crippen molar-refractivity contribution in [3.63, 3.8) is 0 Å². The van der Waals surface area contributed by atoms with Crippen molar-refractivity contribution in [3.05, 3.63) is 60.3 Å². The Balaban J connectivity index is 1.47. The van der Waals surface area contributed by atoms with E-state index < -0.39 is 15.1 Å². The molecule has 0 radical (unpaired) electrons. The lowest BCUT2D eigenvalue weighted by Crippen LogP contribution is -2.42. The summed E-state index contributed by atoms with van der Waals surface area (Å²) in [5.41, 5.74) is 1.55. The molecule has 7 heteroatoms. The molecule has 6 nitrogen and oxygen atoms in total. The number of sulfone groups is 1. The van der Waals surface area contributed by atoms with Crippen LogP contribution < -0.4 is 4.74 Å². The summed E-state index contributed by atoms with van der Waals surface area (Å²) in [6, 6.07) is 14.1. The van der Waals surface area contributed by atoms with Gasteiger partial charge >= 0.3 is 0 Å². The highest BCUT2D eigenvalue weighted by Gasteiger charge is 2.33. The van der Waals surface area contributed by atoms with Gasteiger partial charge in [0.2, 0.25) is 0 Å². The number of piperidine rings is 1. The van der Waals surface area contributed by atoms with Crippen LogP contribution in [0.15, 0.2) is 59.6 Å². The number of ether oxygens (including phenoxy) is 1. The van der Waals surface area contributed by atoms with Gasteiger partial charge in [-0.1, -0.05) is 18.2 Å². The zero-order chi connectivity index (χ0) is 19.7. The SMILES string of the molecule is COc1ccc(S(=O)(=O)C2CCN(C(=O)c3c[nH]c4ccccc34)CC2)cc1. The van der Waals surface area contributed by atoms with Crippen LogP contribution in [-0.4, -0.2) is 49.7 Å². The molecule has 0 saturated carbocycles. The van der Waals surface area contributed by atoms with Crippen LogP contribution in [0.25, 0.3) is 10.9 Å². The van der Waals surface area contributed by atoms with Gasteiger partial charge in [0.25, 0.3) is 5.91 Å². The molecule has 28 heavy (non-hydrogen) atoms. The van der Waals surface area contributed by atoms with Gasteiger partial charge in [0.1, 0.15) is 5.75 Å². The molecule has 1 aliphatic heterocycles. The number of methoxy groups -OCH3 is 1. The molecule has 1 amide bonds. The summed E-state index contributed by atoms with van der Waals surface area (Å²) in [5, 5.41) is 0.411. The van der Waals surface area contributed by atoms with Gasteiger partial charge in [-0.2, -0.15) is 0 Å². The highest BCUT2D eigenvalue weighted by molar-refractivity contribution is 7.92. The third kappa shape index (κ3) is 3.26. The van der Waals surface area contributed by atoms with Crippen LogP contribution in [0.4, 0.5) is 0 Å². The molecule has 1 aliphatic rings. The zero-order valence-electron chi connectivity index (χ0n) is 15.6. The van der Waals surface area contributed by atoms with Gasteiger partial charge in [0.05, 0.1) is 22.8 Å². The van der Waals surface area contributed by atoms with E-state index in [0.717, 1.165) is 10.9 Å². The maximum absolute atomic E-state index is 12.9. The van der Waals surface area contributed by atoms with Crippen LogP contribution in [0, 0.1) is 0 Å². The van der Waals surface area contributed by atoms with E-state index in [-0.39, 0.29) is 5.91 Å². The van der Waals surface area contributed by atoms with Gasteiger partial charge in [0.15, 0.2) is 9.84 Å². The Morgan fingerprint density at radius 3 is 2.43 bits per heavy atom. The smallest absolute Gasteiger partial charge is 0.256 e. The number of H-pyrrole nitrogens is 1. The van der Waals surface area contributed by atoms with E-state index in [1.165, 1.54) is 0 Å². The number of likely N-dealkylation sites (tertiary alicyclic amines) is 1. The lowest BCUT2D eigenvalue weighted by atomic mass is 10.1. The molecule has 0 unspecified atom stereocenters. The summed E-state index contributed by atoms with van der Waals surface area (Å²) >= 11 is 0. The third-order valence-electron chi connectivity index (χ3n) is 5.38. The minimum atomic E-state index is -3.42. The maximum Gasteiger partial charge on any atom is 0.256 e. The highest BCUT2D eigenvalue weighted by Crippen LogP contribution is 2.27. The predicted octanol–water partition coefficient (Wildman–Crippen LogP) is 3.26. The Morgan fingerprint density at radius 1 is 1.07 bits per heavy atom. The van der Waals surface area contributed by atoms with Crippen molar-refractivity contribution in [2.75, 3.05) is 20.2 Å². The van der Waals surface area contributed by atoms with E-state index in [9.17, 15) is 13.2 Å². The van der Waals surface area contributed by atoms with E-state index >= 15 is 0 Å². The van der Waals surface area contributed by atoms with Crippen LogP contribution >= 0.6 is 0 Å². The number of carbonyl (C=O) groups excluding carboxylic acids is 1. The number of hydrogen-bond donors (Lipinski definition) is 1. The molecule has 0 spiro atoms. The average molecular weight is 398 g/mol. The fourth-order valence-corrected chi connectivity index (χ4v) is 5.48. The molecule has 0 aliphatic carbocycles. The fourth-order valence-electron chi connectivity index (χ4n) is 3.75. The number of aromatic nitrogens is 1. The molecule has 1 fully saturated rings. The second-order valence-corrected chi connectivity index (χ2v) is 9.19. The summed E-state index contributed by atoms with van der Waals surface area (Å²) in [6.07, 6.45) is 2.60. The number of nitrogens with one attached hydrogen (secondary N) is 1. The third-order valence-corrected chi connectivity index (χ3v) is 7.65. The van der Waals surface area contributed by atoms with Crippen LogP contribution in [-0.2, 0) is 9.84 Å². The fraction of sp³-hybridized carbons (Fsp3) is 0.286. The molecular weight excluding hydrogens is 376 g/mol. The zero-order valence-corrected chi connectivity index (χ0v) is 16.4. The lowest BCUT2D eigenvalue weighted by Gasteiger charge is -2.31. The second kappa shape index (κ2) is 7.31. The summed E-state index contributed by atoms with van der Waals surface area (Å²) in [4.78, 5) is 18.1. The van der Waals surface area contributed by atoms with Crippen molar-refractivity contribution in [1.29, 1.82) is 0 Å². The minimum Gasteiger partial charge on any atom is -0.497 e. The monoisotopic (exact) mass is 398 g/mol. The second-order valence-electron chi connectivity index (χ2n) is 6.96. The molecule has 146 valence electrons. The topological polar surface area (TPSA) is 79.5 Å². The Kier molecular flexibility index (Phi) is 4.85. The molecule has 1 N–H and O–H groups in total. The predicted molar refractivity (Wildman–Crippen MR) is 107 cm³/mol. The Hall–Kier alpha value is -2.80. The molecule has 1 aromatic heterocycles. The molecule has 0 bridgehead atoms. The van der Waals surface area contributed by atoms with Crippen molar-refractivity contribution in [3.8, 4) is 5.75 Å². The Bertz CT molecular complexity index is 1090. The van der Waals surface area contributed by atoms with Gasteiger partial charge < -0.3 is 14.6 Å². The lowest BCUT2D eigenvalue weighted by molar-refractivity contribution is 0.0727. The number of hydrogen-bond acceptors (Lipinski definition) is 4. The average Bonchev–Trinajstić information content (AvgIpc) is 3.17. The first-order chi connectivity index (χ1) is 13.5. The molecule has 1 saturated heterocycles. The van der Waals surface area contributed by atoms with Gasteiger partial charge in [-0.25, -0.2) is 8.42 Å². The molecule has 3 aromatic rings. The van der Waals surface area contributed by atoms with Gasteiger partial charge in [-0.15, -0.1) is 0 Å². The standard InChI is InChI=1S/C21H22N2O4S/c1-27-15-6-8-16(9-7-15)28(25,26)17-10-12-23(13-11-17)21(24)19-14-22-20-5-3-2-4-18(19)20/h2-9,14,17,22H,10-13H2,1H3. The summed E-state index contributed by atoms with van der Waals surface area (Å²) < 4.78 is 30.9. The van der Waals surface area contributed by atoms with Gasteiger partial charge in [-0.3, -0.25) is 4.79 Å². The largest absolute Gasteiger partial charge is 0.497 e. The van der Waals surface area contributed by atoms with Crippen LogP contribution in [0.3, 0.4) is 0 Å². The van der Waals surface area contributed by atoms with E-state index in [1.54, 1.807) is 42.5 Å². The molecule has 0 atom stereocenters. The normalized spacial score (nSPS) is 15.7. The summed E-state index contributed by atoms with van der Waals surface area (Å²) in [6.45, 7) is 0.858. The van der Waals surface area contributed by atoms with Crippen molar-refractivity contribution in [2.24, 2.45) is 0 Å². The van der Waals surface area contributed by atoms with Crippen molar-refractivity contribution in [1.82, 2.24) is 9.88 Å². The van der Waals surface area contributed by atoms with Crippen molar-refractivity contribution in [2.45, 2.75) is 23.0 Å². The summed E-state index contributed by atoms with van der Waals surface area (Å²) in [7, 11) is -1.88. The van der Waals surface area contributed by atoms with E-state index in [2.05, 4.69) is 4.98 Å². The van der Waals surface area contributed by atoms with Crippen molar-refractivity contribution < 1.29 is 17.9 Å². The number of rotatable bonds is 4. The maximum atomic E-state index is 12.9. The molecule has 4 rings (SSSR count). The number of carbonyl (C=O) groups is 1. The van der Waals surface area contributed by atoms with Gasteiger partial charge in [0, 0.05) is 30.2 Å². The van der Waals surface area contributed by atoms with E-state index in [0.29, 0.717) is 42.1 Å². The minimum absolute atomic E-state index is 0.0576. The number of para-hydroxylation sites is 1. The van der Waals surface area contributed by atoms with Crippen LogP contribution in [0.1, 0.15) is 23.2 Å². The van der Waals surface area contributed by atoms with Crippen molar-refractivity contribution >= 4 is 26.6 Å². The van der Waals surface area contributed by atoms with E-state index in [4.69, 9.17) is 4.74 Å². The first kappa shape index (κ1) is 18.6.